The van der Waals surface area contributed by atoms with Crippen molar-refractivity contribution >= 4 is 29.0 Å². The summed E-state index contributed by atoms with van der Waals surface area (Å²) in [4.78, 5) is 20.9. The van der Waals surface area contributed by atoms with E-state index in [1.54, 1.807) is 42.7 Å². The van der Waals surface area contributed by atoms with Crippen LogP contribution in [-0.2, 0) is 6.54 Å². The topological polar surface area (TPSA) is 97.9 Å². The van der Waals surface area contributed by atoms with E-state index in [0.717, 1.165) is 11.1 Å². The Hall–Kier alpha value is -4.50. The third-order valence-corrected chi connectivity index (χ3v) is 5.33. The molecule has 5 rings (SSSR count). The molecule has 0 fully saturated rings. The third-order valence-electron chi connectivity index (χ3n) is 5.08. The van der Waals surface area contributed by atoms with Crippen LogP contribution in [0.25, 0.3) is 23.0 Å². The second-order valence-corrected chi connectivity index (χ2v) is 8.05. The highest BCUT2D eigenvalue weighted by Crippen LogP contribution is 2.23. The highest BCUT2D eigenvalue weighted by Gasteiger charge is 2.13. The van der Waals surface area contributed by atoms with Crippen molar-refractivity contribution in [3.63, 3.8) is 0 Å². The van der Waals surface area contributed by atoms with Crippen LogP contribution >= 0.6 is 11.6 Å². The first kappa shape index (κ1) is 22.3. The van der Waals surface area contributed by atoms with Gasteiger partial charge in [0.2, 0.25) is 5.82 Å². The van der Waals surface area contributed by atoms with Crippen molar-refractivity contribution in [2.45, 2.75) is 6.54 Å². The predicted octanol–water partition coefficient (Wildman–Crippen LogP) is 6.08. The Morgan fingerprint density at radius 1 is 1.00 bits per heavy atom. The average molecular weight is 489 g/mol. The molecule has 0 unspecified atom stereocenters. The fourth-order valence-electron chi connectivity index (χ4n) is 3.35. The Morgan fingerprint density at radius 2 is 1.77 bits per heavy atom. The van der Waals surface area contributed by atoms with Gasteiger partial charge in [-0.05, 0) is 54.1 Å². The number of carbonyl (C=O) groups excluding carboxylic acids is 1. The summed E-state index contributed by atoms with van der Waals surface area (Å²) in [7, 11) is 0. The number of imidazole rings is 1. The summed E-state index contributed by atoms with van der Waals surface area (Å²) in [6, 6.07) is 19.9. The van der Waals surface area contributed by atoms with E-state index < -0.39 is 11.8 Å². The molecule has 35 heavy (non-hydrogen) atoms. The summed E-state index contributed by atoms with van der Waals surface area (Å²) < 4.78 is 20.9. The molecule has 0 aliphatic carbocycles. The average Bonchev–Trinajstić information content (AvgIpc) is 3.52. The van der Waals surface area contributed by atoms with E-state index in [4.69, 9.17) is 16.1 Å². The van der Waals surface area contributed by atoms with E-state index in [-0.39, 0.29) is 5.69 Å². The maximum Gasteiger partial charge on any atom is 0.323 e. The molecule has 0 radical (unpaired) electrons. The van der Waals surface area contributed by atoms with E-state index in [1.165, 1.54) is 12.1 Å². The van der Waals surface area contributed by atoms with E-state index >= 15 is 0 Å². The van der Waals surface area contributed by atoms with Crippen molar-refractivity contribution in [1.82, 2.24) is 19.7 Å². The summed E-state index contributed by atoms with van der Waals surface area (Å²) in [5.41, 5.74) is 3.02. The Labute approximate surface area is 204 Å². The first-order valence-corrected chi connectivity index (χ1v) is 10.9. The number of anilines is 2. The van der Waals surface area contributed by atoms with Crippen LogP contribution in [0.5, 0.6) is 0 Å². The molecule has 2 amide bonds. The zero-order valence-corrected chi connectivity index (χ0v) is 18.9. The van der Waals surface area contributed by atoms with Gasteiger partial charge in [0.15, 0.2) is 0 Å². The number of rotatable bonds is 6. The van der Waals surface area contributed by atoms with Gasteiger partial charge >= 0.3 is 6.03 Å². The number of aromatic nitrogens is 4. The number of hydrogen-bond acceptors (Lipinski definition) is 5. The second-order valence-electron chi connectivity index (χ2n) is 7.62. The predicted molar refractivity (Wildman–Crippen MR) is 131 cm³/mol. The Balaban J connectivity index is 1.20. The van der Waals surface area contributed by atoms with Gasteiger partial charge in [0.1, 0.15) is 11.5 Å². The number of benzene rings is 3. The van der Waals surface area contributed by atoms with E-state index in [1.807, 2.05) is 35.0 Å². The summed E-state index contributed by atoms with van der Waals surface area (Å²) >= 11 is 5.92. The summed E-state index contributed by atoms with van der Waals surface area (Å²) in [5, 5.41) is 9.81. The first-order valence-electron chi connectivity index (χ1n) is 10.6. The number of para-hydroxylation sites is 1. The second kappa shape index (κ2) is 9.78. The molecule has 0 aliphatic rings. The molecule has 3 aromatic carbocycles. The van der Waals surface area contributed by atoms with Crippen LogP contribution in [0.1, 0.15) is 5.56 Å². The van der Waals surface area contributed by atoms with Crippen LogP contribution < -0.4 is 10.6 Å². The minimum atomic E-state index is -0.528. The molecule has 0 atom stereocenters. The Kier molecular flexibility index (Phi) is 6.23. The molecule has 0 spiro atoms. The molecular weight excluding hydrogens is 471 g/mol. The number of carbonyl (C=O) groups is 1. The molecule has 2 heterocycles. The SMILES string of the molecule is O=C(Nc1ccc(Cn2cnc(-c3nc(-c4ccc(Cl)cc4)no3)c2)cc1)Nc1ccccc1F. The molecule has 0 aliphatic heterocycles. The van der Waals surface area contributed by atoms with Crippen molar-refractivity contribution < 1.29 is 13.7 Å². The fraction of sp³-hybridized carbons (Fsp3) is 0.0400. The van der Waals surface area contributed by atoms with Crippen molar-refractivity contribution in [2.24, 2.45) is 0 Å². The van der Waals surface area contributed by atoms with Gasteiger partial charge in [-0.25, -0.2) is 14.2 Å². The van der Waals surface area contributed by atoms with Gasteiger partial charge in [-0.15, -0.1) is 0 Å². The van der Waals surface area contributed by atoms with Crippen molar-refractivity contribution in [2.75, 3.05) is 10.6 Å². The zero-order valence-electron chi connectivity index (χ0n) is 18.2. The van der Waals surface area contributed by atoms with Crippen LogP contribution in [0.15, 0.2) is 89.8 Å². The Morgan fingerprint density at radius 3 is 2.54 bits per heavy atom. The molecule has 5 aromatic rings. The minimum absolute atomic E-state index is 0.110. The molecule has 0 saturated heterocycles. The number of urea groups is 1. The monoisotopic (exact) mass is 488 g/mol. The summed E-state index contributed by atoms with van der Waals surface area (Å²) in [6.07, 6.45) is 3.49. The maximum absolute atomic E-state index is 13.7. The van der Waals surface area contributed by atoms with Crippen LogP contribution in [0.3, 0.4) is 0 Å². The van der Waals surface area contributed by atoms with Crippen LogP contribution in [0.4, 0.5) is 20.6 Å². The van der Waals surface area contributed by atoms with E-state index in [2.05, 4.69) is 25.8 Å². The number of halogens is 2. The van der Waals surface area contributed by atoms with Gasteiger partial charge < -0.3 is 19.7 Å². The molecule has 10 heteroatoms. The number of amides is 2. The highest BCUT2D eigenvalue weighted by atomic mass is 35.5. The molecule has 8 nitrogen and oxygen atoms in total. The van der Waals surface area contributed by atoms with Crippen molar-refractivity contribution in [3.8, 4) is 23.0 Å². The van der Waals surface area contributed by atoms with Crippen LogP contribution in [-0.4, -0.2) is 25.7 Å². The quantitative estimate of drug-likeness (QED) is 0.301. The smallest absolute Gasteiger partial charge is 0.323 e. The largest absolute Gasteiger partial charge is 0.332 e. The maximum atomic E-state index is 13.7. The van der Waals surface area contributed by atoms with Gasteiger partial charge in [0.05, 0.1) is 12.0 Å². The van der Waals surface area contributed by atoms with Gasteiger partial charge in [0.25, 0.3) is 5.89 Å². The lowest BCUT2D eigenvalue weighted by atomic mass is 10.2. The molecule has 0 saturated carbocycles. The van der Waals surface area contributed by atoms with E-state index in [9.17, 15) is 9.18 Å². The van der Waals surface area contributed by atoms with Crippen molar-refractivity contribution in [1.29, 1.82) is 0 Å². The number of nitrogens with zero attached hydrogens (tertiary/aromatic N) is 4. The van der Waals surface area contributed by atoms with Gasteiger partial charge in [0, 0.05) is 29.0 Å². The molecule has 2 aromatic heterocycles. The van der Waals surface area contributed by atoms with Gasteiger partial charge in [-0.1, -0.05) is 41.0 Å². The lowest BCUT2D eigenvalue weighted by Crippen LogP contribution is -2.20. The number of hydrogen-bond donors (Lipinski definition) is 2. The molecule has 2 N–H and O–H groups in total. The normalized spacial score (nSPS) is 10.8. The minimum Gasteiger partial charge on any atom is -0.332 e. The lowest BCUT2D eigenvalue weighted by Gasteiger charge is -2.09. The zero-order chi connectivity index (χ0) is 24.2. The van der Waals surface area contributed by atoms with Crippen molar-refractivity contribution in [3.05, 3.63) is 102 Å². The lowest BCUT2D eigenvalue weighted by molar-refractivity contribution is 0.262. The fourth-order valence-corrected chi connectivity index (χ4v) is 3.48. The summed E-state index contributed by atoms with van der Waals surface area (Å²) in [6.45, 7) is 0.548. The standard InChI is InChI=1S/C25H18ClFN6O2/c26-18-9-7-17(8-10-18)23-31-24(35-32-23)22-14-33(15-28-22)13-16-5-11-19(12-6-16)29-25(34)30-21-4-2-1-3-20(21)27/h1-12,14-15H,13H2,(H2,29,30,34). The van der Waals surface area contributed by atoms with Crippen LogP contribution in [0.2, 0.25) is 5.02 Å². The Bertz CT molecular complexity index is 1460. The number of nitrogens with one attached hydrogen (secondary N) is 2. The highest BCUT2D eigenvalue weighted by molar-refractivity contribution is 6.30. The third kappa shape index (κ3) is 5.36. The van der Waals surface area contributed by atoms with Gasteiger partial charge in [-0.3, -0.25) is 0 Å². The van der Waals surface area contributed by atoms with Crippen LogP contribution in [0, 0.1) is 5.82 Å². The molecule has 0 bridgehead atoms. The summed E-state index contributed by atoms with van der Waals surface area (Å²) in [5.74, 6) is 0.266. The van der Waals surface area contributed by atoms with Gasteiger partial charge in [-0.2, -0.15) is 4.98 Å². The van der Waals surface area contributed by atoms with E-state index in [0.29, 0.717) is 34.7 Å². The first-order chi connectivity index (χ1) is 17.0. The molecule has 174 valence electrons. The molecular formula is C25H18ClFN6O2.